The number of halogens is 3. The number of amides is 1. The molecule has 0 aliphatic carbocycles. The standard InChI is InChI=1S/C14H17F3N2O3S/c1-13(2,3)12-18-9(6-23-12)10(20)19-4-7(11(21)22)8(5-19)14(15,16)17/h6-8H,4-5H2,1-3H3,(H,21,22)/t7-,8-/m1/s1. The van der Waals surface area contributed by atoms with Crippen molar-refractivity contribution >= 4 is 23.2 Å². The first-order valence-corrected chi connectivity index (χ1v) is 7.84. The van der Waals surface area contributed by atoms with Gasteiger partial charge in [0, 0.05) is 23.9 Å². The summed E-state index contributed by atoms with van der Waals surface area (Å²) in [5.74, 6) is -5.89. The summed E-state index contributed by atoms with van der Waals surface area (Å²) in [5, 5.41) is 11.2. The molecule has 1 saturated heterocycles. The molecule has 1 aliphatic rings. The van der Waals surface area contributed by atoms with Crippen LogP contribution in [0.15, 0.2) is 5.38 Å². The van der Waals surface area contributed by atoms with Crippen molar-refractivity contribution in [2.75, 3.05) is 13.1 Å². The van der Waals surface area contributed by atoms with Crippen LogP contribution < -0.4 is 0 Å². The van der Waals surface area contributed by atoms with E-state index in [2.05, 4.69) is 4.98 Å². The van der Waals surface area contributed by atoms with E-state index in [-0.39, 0.29) is 11.1 Å². The van der Waals surface area contributed by atoms with E-state index in [1.807, 2.05) is 20.8 Å². The minimum Gasteiger partial charge on any atom is -0.481 e. The number of alkyl halides is 3. The van der Waals surface area contributed by atoms with Gasteiger partial charge in [0.1, 0.15) is 5.69 Å². The molecule has 9 heteroatoms. The highest BCUT2D eigenvalue weighted by Crippen LogP contribution is 2.38. The number of carboxylic acids is 1. The van der Waals surface area contributed by atoms with Gasteiger partial charge in [-0.2, -0.15) is 13.2 Å². The van der Waals surface area contributed by atoms with E-state index in [1.54, 1.807) is 0 Å². The van der Waals surface area contributed by atoms with Gasteiger partial charge in [0.2, 0.25) is 0 Å². The summed E-state index contributed by atoms with van der Waals surface area (Å²) >= 11 is 1.26. The molecule has 0 unspecified atom stereocenters. The van der Waals surface area contributed by atoms with E-state index in [0.717, 1.165) is 4.90 Å². The van der Waals surface area contributed by atoms with Crippen molar-refractivity contribution < 1.29 is 27.9 Å². The molecule has 5 nitrogen and oxygen atoms in total. The van der Waals surface area contributed by atoms with Crippen molar-refractivity contribution in [3.8, 4) is 0 Å². The van der Waals surface area contributed by atoms with E-state index in [9.17, 15) is 22.8 Å². The Morgan fingerprint density at radius 1 is 1.30 bits per heavy atom. The molecule has 2 rings (SSSR count). The van der Waals surface area contributed by atoms with E-state index >= 15 is 0 Å². The van der Waals surface area contributed by atoms with Crippen LogP contribution in [0.25, 0.3) is 0 Å². The number of carbonyl (C=O) groups is 2. The SMILES string of the molecule is CC(C)(C)c1nc(C(=O)N2C[C@@H](C(F)(F)F)[C@H](C(=O)O)C2)cs1. The molecule has 1 aromatic heterocycles. The fourth-order valence-electron chi connectivity index (χ4n) is 2.43. The lowest BCUT2D eigenvalue weighted by Crippen LogP contribution is -2.34. The van der Waals surface area contributed by atoms with Crippen molar-refractivity contribution in [1.29, 1.82) is 0 Å². The molecule has 1 N–H and O–H groups in total. The van der Waals surface area contributed by atoms with Crippen molar-refractivity contribution in [2.24, 2.45) is 11.8 Å². The van der Waals surface area contributed by atoms with Crippen molar-refractivity contribution in [2.45, 2.75) is 32.4 Å². The maximum absolute atomic E-state index is 13.0. The van der Waals surface area contributed by atoms with Crippen LogP contribution in [-0.4, -0.2) is 46.1 Å². The number of carboxylic acid groups (broad SMARTS) is 1. The quantitative estimate of drug-likeness (QED) is 0.890. The molecule has 0 bridgehead atoms. The van der Waals surface area contributed by atoms with Gasteiger partial charge in [-0.25, -0.2) is 4.98 Å². The van der Waals surface area contributed by atoms with Gasteiger partial charge in [0.15, 0.2) is 0 Å². The summed E-state index contributed by atoms with van der Waals surface area (Å²) in [7, 11) is 0. The minimum atomic E-state index is -4.66. The normalized spacial score (nSPS) is 22.4. The first-order valence-electron chi connectivity index (χ1n) is 6.96. The zero-order chi connectivity index (χ0) is 17.6. The van der Waals surface area contributed by atoms with Gasteiger partial charge < -0.3 is 10.0 Å². The Bertz CT molecular complexity index is 622. The van der Waals surface area contributed by atoms with Crippen LogP contribution in [0.3, 0.4) is 0 Å². The lowest BCUT2D eigenvalue weighted by Gasteiger charge is -2.18. The highest BCUT2D eigenvalue weighted by molar-refractivity contribution is 7.10. The van der Waals surface area contributed by atoms with Gasteiger partial charge in [-0.3, -0.25) is 9.59 Å². The molecule has 1 aromatic rings. The zero-order valence-electron chi connectivity index (χ0n) is 12.8. The van der Waals surface area contributed by atoms with E-state index in [4.69, 9.17) is 5.11 Å². The van der Waals surface area contributed by atoms with Crippen LogP contribution in [0, 0.1) is 11.8 Å². The molecule has 2 atom stereocenters. The third-order valence-electron chi connectivity index (χ3n) is 3.71. The lowest BCUT2D eigenvalue weighted by atomic mass is 9.96. The van der Waals surface area contributed by atoms with Gasteiger partial charge in [0.25, 0.3) is 5.91 Å². The second-order valence-electron chi connectivity index (χ2n) is 6.59. The number of thiazole rings is 1. The maximum atomic E-state index is 13.0. The smallest absolute Gasteiger partial charge is 0.394 e. The monoisotopic (exact) mass is 350 g/mol. The Balaban J connectivity index is 2.21. The average molecular weight is 350 g/mol. The molecule has 23 heavy (non-hydrogen) atoms. The Labute approximate surface area is 135 Å². The summed E-state index contributed by atoms with van der Waals surface area (Å²) in [5.41, 5.74) is -0.210. The summed E-state index contributed by atoms with van der Waals surface area (Å²) in [6.45, 7) is 4.63. The third kappa shape index (κ3) is 3.65. The molecule has 0 saturated carbocycles. The summed E-state index contributed by atoms with van der Waals surface area (Å²) in [4.78, 5) is 28.5. The summed E-state index contributed by atoms with van der Waals surface area (Å²) in [6, 6.07) is 0. The fraction of sp³-hybridized carbons (Fsp3) is 0.643. The van der Waals surface area contributed by atoms with Gasteiger partial charge in [0.05, 0.1) is 16.8 Å². The number of aliphatic carboxylic acids is 1. The van der Waals surface area contributed by atoms with Crippen LogP contribution >= 0.6 is 11.3 Å². The zero-order valence-corrected chi connectivity index (χ0v) is 13.7. The highest BCUT2D eigenvalue weighted by Gasteiger charge is 2.53. The Morgan fingerprint density at radius 2 is 1.91 bits per heavy atom. The average Bonchev–Trinajstić information content (AvgIpc) is 3.04. The summed E-state index contributed by atoms with van der Waals surface area (Å²) in [6.07, 6.45) is -4.66. The molecular formula is C14H17F3N2O3S. The number of rotatable bonds is 2. The van der Waals surface area contributed by atoms with Crippen LogP contribution in [0.2, 0.25) is 0 Å². The molecule has 2 heterocycles. The molecule has 1 fully saturated rings. The first kappa shape index (κ1) is 17.7. The van der Waals surface area contributed by atoms with Crippen molar-refractivity contribution in [3.05, 3.63) is 16.1 Å². The lowest BCUT2D eigenvalue weighted by molar-refractivity contribution is -0.187. The van der Waals surface area contributed by atoms with Crippen molar-refractivity contribution in [1.82, 2.24) is 9.88 Å². The molecule has 0 radical (unpaired) electrons. The second-order valence-corrected chi connectivity index (χ2v) is 7.45. The predicted octanol–water partition coefficient (Wildman–Crippen LogP) is 2.78. The fourth-order valence-corrected chi connectivity index (χ4v) is 3.31. The van der Waals surface area contributed by atoms with Gasteiger partial charge in [-0.1, -0.05) is 20.8 Å². The minimum absolute atomic E-state index is 0.0619. The van der Waals surface area contributed by atoms with Gasteiger partial charge >= 0.3 is 12.1 Å². The van der Waals surface area contributed by atoms with E-state index < -0.39 is 43.0 Å². The number of hydrogen-bond acceptors (Lipinski definition) is 4. The second kappa shape index (κ2) is 5.77. The van der Waals surface area contributed by atoms with Gasteiger partial charge in [-0.15, -0.1) is 11.3 Å². The molecule has 0 spiro atoms. The van der Waals surface area contributed by atoms with Crippen LogP contribution in [0.1, 0.15) is 36.3 Å². The number of nitrogens with zero attached hydrogens (tertiary/aromatic N) is 2. The Kier molecular flexibility index (Phi) is 4.44. The maximum Gasteiger partial charge on any atom is 0.394 e. The van der Waals surface area contributed by atoms with Crippen LogP contribution in [-0.2, 0) is 10.2 Å². The Morgan fingerprint density at radius 3 is 2.30 bits per heavy atom. The third-order valence-corrected chi connectivity index (χ3v) is 4.98. The number of carbonyl (C=O) groups excluding carboxylic acids is 1. The van der Waals surface area contributed by atoms with Gasteiger partial charge in [-0.05, 0) is 0 Å². The highest BCUT2D eigenvalue weighted by atomic mass is 32.1. The number of hydrogen-bond donors (Lipinski definition) is 1. The number of likely N-dealkylation sites (tertiary alicyclic amines) is 1. The molecular weight excluding hydrogens is 333 g/mol. The van der Waals surface area contributed by atoms with E-state index in [1.165, 1.54) is 16.7 Å². The van der Waals surface area contributed by atoms with Crippen LogP contribution in [0.5, 0.6) is 0 Å². The molecule has 1 amide bonds. The number of aromatic nitrogens is 1. The first-order chi connectivity index (χ1) is 10.4. The van der Waals surface area contributed by atoms with Crippen LogP contribution in [0.4, 0.5) is 13.2 Å². The summed E-state index contributed by atoms with van der Waals surface area (Å²) < 4.78 is 38.9. The van der Waals surface area contributed by atoms with Crippen molar-refractivity contribution in [3.63, 3.8) is 0 Å². The predicted molar refractivity (Wildman–Crippen MR) is 77.4 cm³/mol. The largest absolute Gasteiger partial charge is 0.481 e. The molecule has 1 aliphatic heterocycles. The molecule has 0 aromatic carbocycles. The topological polar surface area (TPSA) is 70.5 Å². The molecule has 128 valence electrons. The Hall–Kier alpha value is -1.64. The van der Waals surface area contributed by atoms with E-state index in [0.29, 0.717) is 5.01 Å².